The van der Waals surface area contributed by atoms with E-state index >= 15 is 0 Å². The number of unbranched alkanes of at least 4 members (excludes halogenated alkanes) is 2. The van der Waals surface area contributed by atoms with Gasteiger partial charge in [0, 0.05) is 35.2 Å². The Morgan fingerprint density at radius 2 is 1.91 bits per heavy atom. The van der Waals surface area contributed by atoms with Gasteiger partial charge in [-0.05, 0) is 49.9 Å². The highest BCUT2D eigenvalue weighted by Crippen LogP contribution is 2.31. The Balaban J connectivity index is 1.26. The Morgan fingerprint density at radius 1 is 1.12 bits per heavy atom. The molecule has 1 aliphatic heterocycles. The fourth-order valence-corrected chi connectivity index (χ4v) is 5.29. The minimum Gasteiger partial charge on any atom is -0.335 e. The Hall–Kier alpha value is -2.45. The molecule has 2 aromatic rings. The summed E-state index contributed by atoms with van der Waals surface area (Å²) in [6.45, 7) is 0.666. The molecule has 170 valence electrons. The monoisotopic (exact) mass is 477 g/mol. The third-order valence-corrected chi connectivity index (χ3v) is 7.43. The van der Waals surface area contributed by atoms with E-state index in [2.05, 4.69) is 9.71 Å². The van der Waals surface area contributed by atoms with Crippen molar-refractivity contribution < 1.29 is 17.6 Å². The van der Waals surface area contributed by atoms with Crippen molar-refractivity contribution in [3.8, 4) is 0 Å². The molecule has 9 heteroatoms. The molecule has 0 aromatic heterocycles. The minimum absolute atomic E-state index is 0.00983. The Labute approximate surface area is 192 Å². The zero-order valence-electron chi connectivity index (χ0n) is 17.6. The summed E-state index contributed by atoms with van der Waals surface area (Å²) in [7, 11) is -3.52. The Bertz CT molecular complexity index is 1130. The number of carbonyl (C=O) groups is 1. The van der Waals surface area contributed by atoms with Crippen LogP contribution in [-0.2, 0) is 21.4 Å². The van der Waals surface area contributed by atoms with E-state index in [0.717, 1.165) is 25.7 Å². The lowest BCUT2D eigenvalue weighted by Crippen LogP contribution is -2.32. The lowest BCUT2D eigenvalue weighted by Gasteiger charge is -2.23. The van der Waals surface area contributed by atoms with Crippen molar-refractivity contribution in [3.05, 3.63) is 64.4 Å². The molecule has 0 bridgehead atoms. The second kappa shape index (κ2) is 9.58. The molecule has 0 saturated heterocycles. The molecular formula is C23H25ClFN3O3S. The molecule has 1 heterocycles. The average molecular weight is 478 g/mol. The van der Waals surface area contributed by atoms with Gasteiger partial charge >= 0.3 is 0 Å². The van der Waals surface area contributed by atoms with Gasteiger partial charge in [0.15, 0.2) is 0 Å². The maximum absolute atomic E-state index is 14.1. The van der Waals surface area contributed by atoms with Crippen LogP contribution in [0.4, 0.5) is 4.39 Å². The van der Waals surface area contributed by atoms with Crippen LogP contribution in [0.15, 0.2) is 52.4 Å². The molecule has 1 aliphatic carbocycles. The van der Waals surface area contributed by atoms with E-state index in [4.69, 9.17) is 11.6 Å². The summed E-state index contributed by atoms with van der Waals surface area (Å²) in [5, 5.41) is 0.340. The lowest BCUT2D eigenvalue weighted by molar-refractivity contribution is -0.132. The van der Waals surface area contributed by atoms with Crippen molar-refractivity contribution in [1.82, 2.24) is 9.62 Å². The molecule has 32 heavy (non-hydrogen) atoms. The number of fused-ring (bicyclic) bond motifs is 1. The smallest absolute Gasteiger partial charge is 0.263 e. The van der Waals surface area contributed by atoms with Crippen LogP contribution >= 0.6 is 11.6 Å². The molecule has 6 nitrogen and oxygen atoms in total. The van der Waals surface area contributed by atoms with Gasteiger partial charge in [-0.25, -0.2) is 12.8 Å². The molecule has 1 amide bonds. The first-order chi connectivity index (χ1) is 15.4. The van der Waals surface area contributed by atoms with Gasteiger partial charge in [0.2, 0.25) is 5.91 Å². The number of nitrogens with one attached hydrogen (secondary N) is 1. The number of hydrogen-bond acceptors (Lipinski definition) is 4. The normalized spacial score (nSPS) is 17.8. The van der Waals surface area contributed by atoms with Crippen LogP contribution in [0.5, 0.6) is 0 Å². The van der Waals surface area contributed by atoms with Gasteiger partial charge in [0.25, 0.3) is 10.0 Å². The van der Waals surface area contributed by atoms with Gasteiger partial charge in [-0.1, -0.05) is 36.2 Å². The summed E-state index contributed by atoms with van der Waals surface area (Å²) in [6, 6.07) is 11.5. The van der Waals surface area contributed by atoms with Crippen LogP contribution in [0.1, 0.15) is 49.7 Å². The van der Waals surface area contributed by atoms with Gasteiger partial charge in [0.05, 0.1) is 11.4 Å². The van der Waals surface area contributed by atoms with Crippen LogP contribution in [0.25, 0.3) is 0 Å². The first-order valence-electron chi connectivity index (χ1n) is 10.8. The van der Waals surface area contributed by atoms with Crippen molar-refractivity contribution in [2.24, 2.45) is 4.99 Å². The number of benzene rings is 2. The number of hydrogen-bond donors (Lipinski definition) is 1. The minimum atomic E-state index is -3.52. The van der Waals surface area contributed by atoms with E-state index in [1.54, 1.807) is 41.3 Å². The van der Waals surface area contributed by atoms with Gasteiger partial charge < -0.3 is 4.90 Å². The summed E-state index contributed by atoms with van der Waals surface area (Å²) < 4.78 is 40.8. The molecule has 0 unspecified atom stereocenters. The molecule has 1 fully saturated rings. The fourth-order valence-electron chi connectivity index (χ4n) is 3.81. The Kier molecular flexibility index (Phi) is 6.81. The zero-order valence-corrected chi connectivity index (χ0v) is 19.1. The second-order valence-corrected chi connectivity index (χ2v) is 10.2. The SMILES string of the molecule is O=C(CCCCCN=C1NS(=O)(=O)c2ccccc21)N(Cc1c(F)cccc1Cl)C1CC1. The molecule has 2 aromatic carbocycles. The van der Waals surface area contributed by atoms with E-state index < -0.39 is 10.0 Å². The predicted molar refractivity (Wildman–Crippen MR) is 122 cm³/mol. The number of rotatable bonds is 9. The first-order valence-corrected chi connectivity index (χ1v) is 12.6. The highest BCUT2D eigenvalue weighted by Gasteiger charge is 2.33. The number of amidine groups is 1. The van der Waals surface area contributed by atoms with Gasteiger partial charge in [-0.15, -0.1) is 0 Å². The molecule has 0 spiro atoms. The summed E-state index contributed by atoms with van der Waals surface area (Å²) in [5.74, 6) is -0.00635. The van der Waals surface area contributed by atoms with Crippen molar-refractivity contribution in [2.75, 3.05) is 6.54 Å². The third kappa shape index (κ3) is 5.13. The second-order valence-electron chi connectivity index (χ2n) is 8.10. The predicted octanol–water partition coefficient (Wildman–Crippen LogP) is 4.27. The summed E-state index contributed by atoms with van der Waals surface area (Å²) in [5.41, 5.74) is 0.957. The number of aliphatic imine (C=N–C) groups is 1. The zero-order chi connectivity index (χ0) is 22.7. The number of amides is 1. The fraction of sp³-hybridized carbons (Fsp3) is 0.391. The topological polar surface area (TPSA) is 78.8 Å². The quantitative estimate of drug-likeness (QED) is 0.548. The van der Waals surface area contributed by atoms with Gasteiger partial charge in [-0.2, -0.15) is 0 Å². The largest absolute Gasteiger partial charge is 0.335 e. The molecule has 1 saturated carbocycles. The number of nitrogens with zero attached hydrogens (tertiary/aromatic N) is 2. The third-order valence-electron chi connectivity index (χ3n) is 5.68. The van der Waals surface area contributed by atoms with E-state index in [-0.39, 0.29) is 29.2 Å². The standard InChI is InChI=1S/C23H25ClFN3O3S/c24-19-8-6-9-20(25)18(19)15-28(16-12-13-16)22(29)11-2-1-5-14-26-23-17-7-3-4-10-21(17)32(30,31)27-23/h3-4,6-10,16H,1-2,5,11-15H2,(H,26,27). The van der Waals surface area contributed by atoms with E-state index in [1.807, 2.05) is 0 Å². The highest BCUT2D eigenvalue weighted by atomic mass is 35.5. The van der Waals surface area contributed by atoms with E-state index in [9.17, 15) is 17.6 Å². The molecule has 2 aliphatic rings. The van der Waals surface area contributed by atoms with E-state index in [1.165, 1.54) is 6.07 Å². The van der Waals surface area contributed by atoms with Crippen molar-refractivity contribution in [3.63, 3.8) is 0 Å². The van der Waals surface area contributed by atoms with Gasteiger partial charge in [-0.3, -0.25) is 14.5 Å². The van der Waals surface area contributed by atoms with Crippen LogP contribution in [-0.4, -0.2) is 37.6 Å². The molecule has 4 rings (SSSR count). The van der Waals surface area contributed by atoms with Crippen molar-refractivity contribution in [1.29, 1.82) is 0 Å². The van der Waals surface area contributed by atoms with E-state index in [0.29, 0.717) is 41.4 Å². The first kappa shape index (κ1) is 22.7. The highest BCUT2D eigenvalue weighted by molar-refractivity contribution is 7.90. The maximum Gasteiger partial charge on any atom is 0.263 e. The summed E-state index contributed by atoms with van der Waals surface area (Å²) in [4.78, 5) is 19.2. The number of carbonyl (C=O) groups excluding carboxylic acids is 1. The van der Waals surface area contributed by atoms with Crippen LogP contribution < -0.4 is 4.72 Å². The van der Waals surface area contributed by atoms with Crippen molar-refractivity contribution >= 4 is 33.4 Å². The lowest BCUT2D eigenvalue weighted by atomic mass is 10.1. The van der Waals surface area contributed by atoms with Crippen molar-refractivity contribution in [2.45, 2.75) is 56.0 Å². The molecule has 0 radical (unpaired) electrons. The molecule has 1 N–H and O–H groups in total. The van der Waals surface area contributed by atoms with Crippen LogP contribution in [0.2, 0.25) is 5.02 Å². The van der Waals surface area contributed by atoms with Crippen LogP contribution in [0.3, 0.4) is 0 Å². The number of sulfonamides is 1. The molecular weight excluding hydrogens is 453 g/mol. The number of halogens is 2. The van der Waals surface area contributed by atoms with Crippen LogP contribution in [0, 0.1) is 5.82 Å². The summed E-state index contributed by atoms with van der Waals surface area (Å²) in [6.07, 6.45) is 4.48. The van der Waals surface area contributed by atoms with Gasteiger partial charge in [0.1, 0.15) is 11.7 Å². The molecule has 0 atom stereocenters. The Morgan fingerprint density at radius 3 is 2.66 bits per heavy atom. The summed E-state index contributed by atoms with van der Waals surface area (Å²) >= 11 is 6.13. The average Bonchev–Trinajstić information content (AvgIpc) is 3.56. The maximum atomic E-state index is 14.1.